The largest absolute Gasteiger partial charge is 0.370 e. The molecule has 18 heavy (non-hydrogen) atoms. The lowest BCUT2D eigenvalue weighted by Gasteiger charge is -2.01. The SMILES string of the molecule is N=C(N)NCc1nnc(NCc2ccccc2)s1. The molecule has 0 aliphatic rings. The molecule has 0 aliphatic heterocycles. The van der Waals surface area contributed by atoms with E-state index < -0.39 is 0 Å². The molecule has 2 aromatic rings. The molecule has 0 unspecified atom stereocenters. The molecule has 0 spiro atoms. The molecule has 0 atom stereocenters. The van der Waals surface area contributed by atoms with Crippen molar-refractivity contribution >= 4 is 22.4 Å². The smallest absolute Gasteiger partial charge is 0.206 e. The Morgan fingerprint density at radius 2 is 2.00 bits per heavy atom. The molecule has 1 heterocycles. The molecular weight excluding hydrogens is 248 g/mol. The number of benzene rings is 1. The summed E-state index contributed by atoms with van der Waals surface area (Å²) in [5, 5.41) is 22.5. The summed E-state index contributed by atoms with van der Waals surface area (Å²) in [4.78, 5) is 0. The molecule has 94 valence electrons. The predicted molar refractivity (Wildman–Crippen MR) is 72.4 cm³/mol. The van der Waals surface area contributed by atoms with Crippen molar-refractivity contribution in [1.82, 2.24) is 15.5 Å². The van der Waals surface area contributed by atoms with Crippen LogP contribution in [0.15, 0.2) is 30.3 Å². The second kappa shape index (κ2) is 5.97. The minimum atomic E-state index is -0.0657. The van der Waals surface area contributed by atoms with Gasteiger partial charge in [-0.1, -0.05) is 41.7 Å². The summed E-state index contributed by atoms with van der Waals surface area (Å²) in [7, 11) is 0. The molecule has 7 heteroatoms. The molecule has 6 nitrogen and oxygen atoms in total. The maximum absolute atomic E-state index is 7.05. The average molecular weight is 262 g/mol. The lowest BCUT2D eigenvalue weighted by molar-refractivity contribution is 0.858. The predicted octanol–water partition coefficient (Wildman–Crippen LogP) is 1.13. The van der Waals surface area contributed by atoms with Crippen LogP contribution in [0.1, 0.15) is 10.6 Å². The van der Waals surface area contributed by atoms with Crippen LogP contribution in [0.4, 0.5) is 5.13 Å². The zero-order chi connectivity index (χ0) is 12.8. The van der Waals surface area contributed by atoms with Gasteiger partial charge in [0.2, 0.25) is 5.13 Å². The first-order valence-electron chi connectivity index (χ1n) is 5.42. The normalized spacial score (nSPS) is 10.0. The lowest BCUT2D eigenvalue weighted by atomic mass is 10.2. The van der Waals surface area contributed by atoms with Crippen LogP contribution in [0, 0.1) is 5.41 Å². The van der Waals surface area contributed by atoms with Crippen molar-refractivity contribution in [2.75, 3.05) is 5.32 Å². The molecule has 0 aliphatic carbocycles. The van der Waals surface area contributed by atoms with E-state index in [1.54, 1.807) is 0 Å². The van der Waals surface area contributed by atoms with Crippen LogP contribution >= 0.6 is 11.3 Å². The summed E-state index contributed by atoms with van der Waals surface area (Å²) in [6.45, 7) is 1.15. The van der Waals surface area contributed by atoms with E-state index in [1.165, 1.54) is 16.9 Å². The van der Waals surface area contributed by atoms with E-state index in [-0.39, 0.29) is 5.96 Å². The van der Waals surface area contributed by atoms with Gasteiger partial charge in [0.25, 0.3) is 0 Å². The second-order valence-corrected chi connectivity index (χ2v) is 4.67. The molecule has 1 aromatic heterocycles. The maximum Gasteiger partial charge on any atom is 0.206 e. The van der Waals surface area contributed by atoms with Crippen molar-refractivity contribution in [3.63, 3.8) is 0 Å². The Kier molecular flexibility index (Phi) is 4.08. The number of anilines is 1. The summed E-state index contributed by atoms with van der Waals surface area (Å²) in [6, 6.07) is 10.1. The van der Waals surface area contributed by atoms with Gasteiger partial charge in [-0.05, 0) is 5.56 Å². The van der Waals surface area contributed by atoms with E-state index in [1.807, 2.05) is 30.3 Å². The van der Waals surface area contributed by atoms with E-state index in [2.05, 4.69) is 20.8 Å². The minimum Gasteiger partial charge on any atom is -0.370 e. The molecule has 0 saturated carbocycles. The van der Waals surface area contributed by atoms with Gasteiger partial charge in [-0.2, -0.15) is 0 Å². The summed E-state index contributed by atoms with van der Waals surface area (Å²) >= 11 is 1.45. The van der Waals surface area contributed by atoms with Crippen molar-refractivity contribution < 1.29 is 0 Å². The van der Waals surface area contributed by atoms with Gasteiger partial charge in [-0.25, -0.2) is 0 Å². The fourth-order valence-corrected chi connectivity index (χ4v) is 2.02. The Morgan fingerprint density at radius 3 is 2.72 bits per heavy atom. The second-order valence-electron chi connectivity index (χ2n) is 3.61. The Hall–Kier alpha value is -2.15. The standard InChI is InChI=1S/C11H14N6S/c12-10(13)14-7-9-16-17-11(18-9)15-6-8-4-2-1-3-5-8/h1-5H,6-7H2,(H,15,17)(H4,12,13,14). The van der Waals surface area contributed by atoms with Crippen LogP contribution in [-0.4, -0.2) is 16.2 Å². The molecule has 5 N–H and O–H groups in total. The van der Waals surface area contributed by atoms with Crippen LogP contribution in [0.2, 0.25) is 0 Å². The van der Waals surface area contributed by atoms with Gasteiger partial charge in [0.1, 0.15) is 5.01 Å². The van der Waals surface area contributed by atoms with Crippen LogP contribution in [0.5, 0.6) is 0 Å². The quantitative estimate of drug-likeness (QED) is 0.478. The topological polar surface area (TPSA) is 99.7 Å². The number of rotatable bonds is 5. The van der Waals surface area contributed by atoms with E-state index in [4.69, 9.17) is 11.1 Å². The number of nitrogens with two attached hydrogens (primary N) is 1. The Balaban J connectivity index is 1.85. The van der Waals surface area contributed by atoms with Crippen molar-refractivity contribution in [2.45, 2.75) is 13.1 Å². The van der Waals surface area contributed by atoms with Gasteiger partial charge in [0.05, 0.1) is 6.54 Å². The van der Waals surface area contributed by atoms with Crippen LogP contribution in [-0.2, 0) is 13.1 Å². The molecule has 0 fully saturated rings. The van der Waals surface area contributed by atoms with Crippen molar-refractivity contribution in [3.05, 3.63) is 40.9 Å². The fraction of sp³-hybridized carbons (Fsp3) is 0.182. The van der Waals surface area contributed by atoms with Crippen molar-refractivity contribution in [1.29, 1.82) is 5.41 Å². The van der Waals surface area contributed by atoms with E-state index in [9.17, 15) is 0 Å². The highest BCUT2D eigenvalue weighted by Crippen LogP contribution is 2.15. The highest BCUT2D eigenvalue weighted by Gasteiger charge is 2.03. The zero-order valence-electron chi connectivity index (χ0n) is 9.68. The van der Waals surface area contributed by atoms with Crippen LogP contribution < -0.4 is 16.4 Å². The Bertz CT molecular complexity index is 509. The maximum atomic E-state index is 7.05. The Morgan fingerprint density at radius 1 is 1.22 bits per heavy atom. The molecule has 1 aromatic carbocycles. The van der Waals surface area contributed by atoms with E-state index in [0.717, 1.165) is 16.7 Å². The van der Waals surface area contributed by atoms with Crippen molar-refractivity contribution in [3.8, 4) is 0 Å². The molecule has 0 bridgehead atoms. The average Bonchev–Trinajstić information content (AvgIpc) is 2.83. The minimum absolute atomic E-state index is 0.0657. The summed E-state index contributed by atoms with van der Waals surface area (Å²) in [6.07, 6.45) is 0. The first-order valence-corrected chi connectivity index (χ1v) is 6.24. The number of nitrogens with one attached hydrogen (secondary N) is 3. The molecule has 0 radical (unpaired) electrons. The third kappa shape index (κ3) is 3.70. The summed E-state index contributed by atoms with van der Waals surface area (Å²) < 4.78 is 0. The molecule has 0 saturated heterocycles. The van der Waals surface area contributed by atoms with Gasteiger partial charge in [0, 0.05) is 6.54 Å². The molecule has 0 amide bonds. The lowest BCUT2D eigenvalue weighted by Crippen LogP contribution is -2.29. The molecular formula is C11H14N6S. The van der Waals surface area contributed by atoms with E-state index >= 15 is 0 Å². The first-order chi connectivity index (χ1) is 8.74. The van der Waals surface area contributed by atoms with Gasteiger partial charge >= 0.3 is 0 Å². The number of aromatic nitrogens is 2. The zero-order valence-corrected chi connectivity index (χ0v) is 10.5. The summed E-state index contributed by atoms with van der Waals surface area (Å²) in [5.41, 5.74) is 6.39. The summed E-state index contributed by atoms with van der Waals surface area (Å²) in [5.74, 6) is -0.0657. The van der Waals surface area contributed by atoms with E-state index in [0.29, 0.717) is 6.54 Å². The third-order valence-electron chi connectivity index (χ3n) is 2.18. The van der Waals surface area contributed by atoms with Gasteiger partial charge in [0.15, 0.2) is 5.96 Å². The first kappa shape index (κ1) is 12.3. The van der Waals surface area contributed by atoms with Crippen LogP contribution in [0.3, 0.4) is 0 Å². The third-order valence-corrected chi connectivity index (χ3v) is 3.06. The number of hydrogen-bond acceptors (Lipinski definition) is 5. The van der Waals surface area contributed by atoms with Gasteiger partial charge in [-0.15, -0.1) is 10.2 Å². The monoisotopic (exact) mass is 262 g/mol. The number of nitrogens with zero attached hydrogens (tertiary/aromatic N) is 2. The van der Waals surface area contributed by atoms with Gasteiger partial charge < -0.3 is 16.4 Å². The number of guanidine groups is 1. The van der Waals surface area contributed by atoms with Crippen LogP contribution in [0.25, 0.3) is 0 Å². The van der Waals surface area contributed by atoms with Crippen molar-refractivity contribution in [2.24, 2.45) is 5.73 Å². The number of hydrogen-bond donors (Lipinski definition) is 4. The Labute approximate surface area is 109 Å². The van der Waals surface area contributed by atoms with Gasteiger partial charge in [-0.3, -0.25) is 5.41 Å². The fourth-order valence-electron chi connectivity index (χ4n) is 1.34. The highest BCUT2D eigenvalue weighted by molar-refractivity contribution is 7.15. The highest BCUT2D eigenvalue weighted by atomic mass is 32.1. The molecule has 2 rings (SSSR count).